The lowest BCUT2D eigenvalue weighted by Gasteiger charge is -2.35. The molecule has 0 N–H and O–H groups in total. The molecule has 1 saturated heterocycles. The molecule has 0 aliphatic carbocycles. The molecule has 1 aliphatic rings. The molecule has 0 bridgehead atoms. The fraction of sp³-hybridized carbons (Fsp3) is 0.364. The Bertz CT molecular complexity index is 984. The van der Waals surface area contributed by atoms with Crippen molar-refractivity contribution in [1.29, 1.82) is 0 Å². The number of piperazine rings is 1. The number of carbonyl (C=O) groups is 2. The maximum Gasteiger partial charge on any atom is 0.270 e. The van der Waals surface area contributed by atoms with E-state index in [1.54, 1.807) is 42.0 Å². The molecule has 0 atom stereocenters. The molecule has 1 heterocycles. The minimum Gasteiger partial charge on any atom is -0.497 e. The SMILES string of the molecule is COc1cccc(CC(=O)N2CCN(C(=O)c3cc([N+](=O)[O-])ccc3N(C)C)CC2)c1. The summed E-state index contributed by atoms with van der Waals surface area (Å²) < 4.78 is 5.20. The van der Waals surface area contributed by atoms with Gasteiger partial charge < -0.3 is 19.4 Å². The zero-order valence-electron chi connectivity index (χ0n) is 17.9. The van der Waals surface area contributed by atoms with Gasteiger partial charge in [-0.05, 0) is 23.8 Å². The Kier molecular flexibility index (Phi) is 6.74. The van der Waals surface area contributed by atoms with E-state index >= 15 is 0 Å². The van der Waals surface area contributed by atoms with Crippen molar-refractivity contribution in [3.05, 3.63) is 63.7 Å². The predicted octanol–water partition coefficient (Wildman–Crippen LogP) is 2.20. The molecule has 9 heteroatoms. The van der Waals surface area contributed by atoms with Crippen molar-refractivity contribution in [2.24, 2.45) is 0 Å². The van der Waals surface area contributed by atoms with Crippen LogP contribution in [0.15, 0.2) is 42.5 Å². The van der Waals surface area contributed by atoms with Crippen molar-refractivity contribution in [1.82, 2.24) is 9.80 Å². The van der Waals surface area contributed by atoms with Crippen LogP contribution in [0.5, 0.6) is 5.75 Å². The molecule has 2 amide bonds. The van der Waals surface area contributed by atoms with E-state index in [4.69, 9.17) is 4.74 Å². The monoisotopic (exact) mass is 426 g/mol. The molecule has 2 aromatic carbocycles. The van der Waals surface area contributed by atoms with Crippen LogP contribution >= 0.6 is 0 Å². The van der Waals surface area contributed by atoms with E-state index < -0.39 is 4.92 Å². The number of nitro benzene ring substituents is 1. The number of hydrogen-bond acceptors (Lipinski definition) is 6. The quantitative estimate of drug-likeness (QED) is 0.519. The first-order valence-electron chi connectivity index (χ1n) is 9.96. The highest BCUT2D eigenvalue weighted by molar-refractivity contribution is 6.00. The molecular weight excluding hydrogens is 400 g/mol. The summed E-state index contributed by atoms with van der Waals surface area (Å²) in [6.07, 6.45) is 0.265. The van der Waals surface area contributed by atoms with E-state index in [-0.39, 0.29) is 29.5 Å². The normalized spacial score (nSPS) is 13.6. The summed E-state index contributed by atoms with van der Waals surface area (Å²) in [4.78, 5) is 41.6. The van der Waals surface area contributed by atoms with E-state index in [2.05, 4.69) is 0 Å². The minimum absolute atomic E-state index is 0.00955. The van der Waals surface area contributed by atoms with Crippen molar-refractivity contribution in [3.63, 3.8) is 0 Å². The van der Waals surface area contributed by atoms with Crippen LogP contribution < -0.4 is 9.64 Å². The first kappa shape index (κ1) is 22.1. The number of benzene rings is 2. The second kappa shape index (κ2) is 9.46. The van der Waals surface area contributed by atoms with Gasteiger partial charge in [0, 0.05) is 58.1 Å². The zero-order valence-corrected chi connectivity index (χ0v) is 17.9. The lowest BCUT2D eigenvalue weighted by atomic mass is 10.1. The maximum absolute atomic E-state index is 13.1. The van der Waals surface area contributed by atoms with Crippen LogP contribution in [-0.2, 0) is 11.2 Å². The smallest absolute Gasteiger partial charge is 0.270 e. The zero-order chi connectivity index (χ0) is 22.5. The highest BCUT2D eigenvalue weighted by Crippen LogP contribution is 2.26. The number of amides is 2. The molecule has 31 heavy (non-hydrogen) atoms. The van der Waals surface area contributed by atoms with Crippen LogP contribution in [0, 0.1) is 10.1 Å². The van der Waals surface area contributed by atoms with Crippen molar-refractivity contribution in [2.45, 2.75) is 6.42 Å². The maximum atomic E-state index is 13.1. The average Bonchev–Trinajstić information content (AvgIpc) is 2.78. The lowest BCUT2D eigenvalue weighted by molar-refractivity contribution is -0.384. The number of non-ortho nitro benzene ring substituents is 1. The summed E-state index contributed by atoms with van der Waals surface area (Å²) in [5.74, 6) is 0.423. The van der Waals surface area contributed by atoms with Crippen LogP contribution in [0.4, 0.5) is 11.4 Å². The number of anilines is 1. The summed E-state index contributed by atoms with van der Waals surface area (Å²) >= 11 is 0. The standard InChI is InChI=1S/C22H26N4O5/c1-23(2)20-8-7-17(26(29)30)15-19(20)22(28)25-11-9-24(10-12-25)21(27)14-16-5-4-6-18(13-16)31-3/h4-8,13,15H,9-12,14H2,1-3H3. The van der Waals surface area contributed by atoms with Gasteiger partial charge in [-0.3, -0.25) is 19.7 Å². The Hall–Kier alpha value is -3.62. The molecule has 9 nitrogen and oxygen atoms in total. The first-order valence-corrected chi connectivity index (χ1v) is 9.96. The van der Waals surface area contributed by atoms with E-state index in [0.29, 0.717) is 37.6 Å². The van der Waals surface area contributed by atoms with Gasteiger partial charge in [-0.1, -0.05) is 12.1 Å². The summed E-state index contributed by atoms with van der Waals surface area (Å²) in [5, 5.41) is 11.2. The Labute approximate surface area is 181 Å². The molecule has 0 unspecified atom stereocenters. The molecular formula is C22H26N4O5. The second-order valence-corrected chi connectivity index (χ2v) is 7.55. The van der Waals surface area contributed by atoms with E-state index in [9.17, 15) is 19.7 Å². The molecule has 1 fully saturated rings. The Morgan fingerprint density at radius 3 is 2.35 bits per heavy atom. The fourth-order valence-corrected chi connectivity index (χ4v) is 3.60. The van der Waals surface area contributed by atoms with Gasteiger partial charge in [0.05, 0.1) is 24.0 Å². The number of methoxy groups -OCH3 is 1. The molecule has 0 radical (unpaired) electrons. The van der Waals surface area contributed by atoms with Crippen LogP contribution in [0.2, 0.25) is 0 Å². The predicted molar refractivity (Wildman–Crippen MR) is 117 cm³/mol. The van der Waals surface area contributed by atoms with E-state index in [1.165, 1.54) is 12.1 Å². The highest BCUT2D eigenvalue weighted by Gasteiger charge is 2.27. The molecule has 0 aromatic heterocycles. The van der Waals surface area contributed by atoms with Crippen LogP contribution in [0.1, 0.15) is 15.9 Å². The molecule has 1 aliphatic heterocycles. The van der Waals surface area contributed by atoms with E-state index in [0.717, 1.165) is 5.56 Å². The third-order valence-corrected chi connectivity index (χ3v) is 5.31. The Morgan fingerprint density at radius 2 is 1.74 bits per heavy atom. The second-order valence-electron chi connectivity index (χ2n) is 7.55. The summed E-state index contributed by atoms with van der Waals surface area (Å²) in [6.45, 7) is 1.58. The number of carbonyl (C=O) groups excluding carboxylic acids is 2. The number of nitro groups is 1. The van der Waals surface area contributed by atoms with E-state index in [1.807, 2.05) is 24.3 Å². The van der Waals surface area contributed by atoms with Crippen LogP contribution in [0.25, 0.3) is 0 Å². The van der Waals surface area contributed by atoms with Crippen molar-refractivity contribution < 1.29 is 19.2 Å². The molecule has 3 rings (SSSR count). The van der Waals surface area contributed by atoms with Crippen molar-refractivity contribution in [3.8, 4) is 5.75 Å². The van der Waals surface area contributed by atoms with Crippen molar-refractivity contribution >= 4 is 23.2 Å². The first-order chi connectivity index (χ1) is 14.8. The van der Waals surface area contributed by atoms with Crippen molar-refractivity contribution in [2.75, 3.05) is 52.3 Å². The highest BCUT2D eigenvalue weighted by atomic mass is 16.6. The fourth-order valence-electron chi connectivity index (χ4n) is 3.60. The van der Waals surface area contributed by atoms with Gasteiger partial charge >= 0.3 is 0 Å². The molecule has 164 valence electrons. The van der Waals surface area contributed by atoms with Gasteiger partial charge in [0.1, 0.15) is 5.75 Å². The Balaban J connectivity index is 1.66. The summed E-state index contributed by atoms with van der Waals surface area (Å²) in [5.41, 5.74) is 1.65. The lowest BCUT2D eigenvalue weighted by Crippen LogP contribution is -2.51. The number of nitrogens with zero attached hydrogens (tertiary/aromatic N) is 4. The third kappa shape index (κ3) is 5.11. The number of rotatable bonds is 6. The third-order valence-electron chi connectivity index (χ3n) is 5.31. The van der Waals surface area contributed by atoms with Gasteiger partial charge in [0.15, 0.2) is 0 Å². The van der Waals surface area contributed by atoms with Gasteiger partial charge in [0.2, 0.25) is 5.91 Å². The molecule has 2 aromatic rings. The van der Waals surface area contributed by atoms with Gasteiger partial charge in [-0.25, -0.2) is 0 Å². The van der Waals surface area contributed by atoms with Crippen LogP contribution in [-0.4, -0.2) is 73.9 Å². The van der Waals surface area contributed by atoms with Gasteiger partial charge in [-0.2, -0.15) is 0 Å². The molecule has 0 spiro atoms. The largest absolute Gasteiger partial charge is 0.497 e. The Morgan fingerprint density at radius 1 is 1.06 bits per heavy atom. The van der Waals surface area contributed by atoms with Crippen LogP contribution in [0.3, 0.4) is 0 Å². The average molecular weight is 426 g/mol. The minimum atomic E-state index is -0.509. The van der Waals surface area contributed by atoms with Gasteiger partial charge in [-0.15, -0.1) is 0 Å². The molecule has 0 saturated carbocycles. The van der Waals surface area contributed by atoms with Gasteiger partial charge in [0.25, 0.3) is 11.6 Å². The summed E-state index contributed by atoms with van der Waals surface area (Å²) in [7, 11) is 5.15. The number of ether oxygens (including phenoxy) is 1. The summed E-state index contributed by atoms with van der Waals surface area (Å²) in [6, 6.07) is 11.7. The number of hydrogen-bond donors (Lipinski definition) is 0. The topological polar surface area (TPSA) is 96.2 Å².